The Morgan fingerprint density at radius 1 is 0.963 bits per heavy atom. The molecule has 1 nitrogen and oxygen atoms in total. The molecule has 3 rings (SSSR count). The van der Waals surface area contributed by atoms with Gasteiger partial charge in [0.2, 0.25) is 0 Å². The van der Waals surface area contributed by atoms with Gasteiger partial charge in [-0.05, 0) is 60.6 Å². The Labute approximate surface area is 163 Å². The molecule has 2 aromatic carbocycles. The maximum Gasteiger partial charge on any atom is 0.139 e. The van der Waals surface area contributed by atoms with Gasteiger partial charge in [-0.2, -0.15) is 0 Å². The van der Waals surface area contributed by atoms with Gasteiger partial charge in [0.25, 0.3) is 0 Å². The third-order valence-corrected chi connectivity index (χ3v) is 5.31. The van der Waals surface area contributed by atoms with E-state index in [1.807, 2.05) is 0 Å². The second-order valence-corrected chi connectivity index (χ2v) is 7.60. The lowest BCUT2D eigenvalue weighted by Gasteiger charge is -2.05. The second kappa shape index (κ2) is 8.92. The van der Waals surface area contributed by atoms with Crippen LogP contribution in [-0.2, 0) is 6.42 Å². The fraction of sp³-hybridized carbons (Fsp3) is 0.261. The van der Waals surface area contributed by atoms with Crippen LogP contribution in [0.1, 0.15) is 47.2 Å². The average Bonchev–Trinajstić information content (AvgIpc) is 3.11. The molecule has 0 aliphatic carbocycles. The number of nitrogens with zero attached hydrogens (tertiary/aromatic N) is 1. The van der Waals surface area contributed by atoms with Crippen molar-refractivity contribution in [2.24, 2.45) is 0 Å². The summed E-state index contributed by atoms with van der Waals surface area (Å²) in [6.45, 7) is 3.88. The molecule has 0 saturated heterocycles. The van der Waals surface area contributed by atoms with Gasteiger partial charge in [-0.3, -0.25) is 0 Å². The SMILES string of the molecule is CCCCCc1ncc(C#Cc2ccc(-c3ccc(C)c(F)c3)cc2F)s1. The molecule has 0 radical (unpaired) electrons. The maximum atomic E-state index is 14.4. The fourth-order valence-corrected chi connectivity index (χ4v) is 3.52. The third-order valence-electron chi connectivity index (χ3n) is 4.34. The van der Waals surface area contributed by atoms with Crippen molar-refractivity contribution in [3.8, 4) is 23.0 Å². The third kappa shape index (κ3) is 5.02. The smallest absolute Gasteiger partial charge is 0.139 e. The first-order chi connectivity index (χ1) is 13.1. The monoisotopic (exact) mass is 381 g/mol. The largest absolute Gasteiger partial charge is 0.248 e. The van der Waals surface area contributed by atoms with Crippen LogP contribution < -0.4 is 0 Å². The minimum absolute atomic E-state index is 0.295. The van der Waals surface area contributed by atoms with Gasteiger partial charge < -0.3 is 0 Å². The van der Waals surface area contributed by atoms with Crippen LogP contribution in [0.3, 0.4) is 0 Å². The van der Waals surface area contributed by atoms with Crippen molar-refractivity contribution in [3.63, 3.8) is 0 Å². The van der Waals surface area contributed by atoms with E-state index in [-0.39, 0.29) is 5.82 Å². The normalized spacial score (nSPS) is 10.5. The van der Waals surface area contributed by atoms with Crippen LogP contribution in [0, 0.1) is 30.4 Å². The summed E-state index contributed by atoms with van der Waals surface area (Å²) in [5.41, 5.74) is 2.18. The predicted molar refractivity (Wildman–Crippen MR) is 108 cm³/mol. The fourth-order valence-electron chi connectivity index (χ4n) is 2.71. The van der Waals surface area contributed by atoms with Gasteiger partial charge in [0.1, 0.15) is 11.6 Å². The number of aromatic nitrogens is 1. The van der Waals surface area contributed by atoms with Gasteiger partial charge in [-0.15, -0.1) is 11.3 Å². The van der Waals surface area contributed by atoms with Crippen molar-refractivity contribution in [1.82, 2.24) is 4.98 Å². The molecule has 0 bridgehead atoms. The molecule has 0 amide bonds. The van der Waals surface area contributed by atoms with Crippen LogP contribution in [-0.4, -0.2) is 4.98 Å². The number of hydrogen-bond acceptors (Lipinski definition) is 2. The van der Waals surface area contributed by atoms with Crippen LogP contribution in [0.25, 0.3) is 11.1 Å². The predicted octanol–water partition coefficient (Wildman–Crippen LogP) is 6.53. The average molecular weight is 381 g/mol. The minimum Gasteiger partial charge on any atom is -0.248 e. The number of aryl methyl sites for hydroxylation is 2. The molecule has 0 saturated carbocycles. The van der Waals surface area contributed by atoms with E-state index in [9.17, 15) is 8.78 Å². The molecule has 3 aromatic rings. The molecule has 0 fully saturated rings. The Morgan fingerprint density at radius 3 is 2.41 bits per heavy atom. The number of thiazole rings is 1. The lowest BCUT2D eigenvalue weighted by atomic mass is 10.0. The molecular weight excluding hydrogens is 360 g/mol. The minimum atomic E-state index is -0.409. The molecular formula is C23H21F2NS. The molecule has 4 heteroatoms. The quantitative estimate of drug-likeness (QED) is 0.362. The van der Waals surface area contributed by atoms with Crippen molar-refractivity contribution in [2.75, 3.05) is 0 Å². The summed E-state index contributed by atoms with van der Waals surface area (Å²) in [4.78, 5) is 5.22. The summed E-state index contributed by atoms with van der Waals surface area (Å²) < 4.78 is 28.2. The molecule has 0 spiro atoms. The summed E-state index contributed by atoms with van der Waals surface area (Å²) in [5.74, 6) is 5.17. The van der Waals surface area contributed by atoms with E-state index in [0.717, 1.165) is 22.7 Å². The maximum absolute atomic E-state index is 14.4. The summed E-state index contributed by atoms with van der Waals surface area (Å²) in [7, 11) is 0. The van der Waals surface area contributed by atoms with E-state index in [2.05, 4.69) is 23.7 Å². The van der Waals surface area contributed by atoms with Gasteiger partial charge in [0.15, 0.2) is 0 Å². The standard InChI is InChI=1S/C23H21F2NS/c1-3-4-5-6-23-26-15-20(27-23)12-11-17-9-10-19(14-22(17)25)18-8-7-16(2)21(24)13-18/h7-10,13-15H,3-6H2,1-2H3. The van der Waals surface area contributed by atoms with E-state index in [1.165, 1.54) is 25.0 Å². The Balaban J connectivity index is 1.75. The summed E-state index contributed by atoms with van der Waals surface area (Å²) in [6.07, 6.45) is 6.23. The van der Waals surface area contributed by atoms with Crippen LogP contribution in [0.2, 0.25) is 0 Å². The van der Waals surface area contributed by atoms with Crippen LogP contribution in [0.15, 0.2) is 42.6 Å². The number of rotatable bonds is 5. The molecule has 0 aliphatic rings. The van der Waals surface area contributed by atoms with E-state index in [4.69, 9.17) is 0 Å². The van der Waals surface area contributed by atoms with E-state index in [1.54, 1.807) is 48.7 Å². The van der Waals surface area contributed by atoms with Crippen LogP contribution in [0.5, 0.6) is 0 Å². The zero-order chi connectivity index (χ0) is 19.2. The molecule has 0 unspecified atom stereocenters. The molecule has 0 aliphatic heterocycles. The topological polar surface area (TPSA) is 12.9 Å². The van der Waals surface area contributed by atoms with Crippen molar-refractivity contribution in [1.29, 1.82) is 0 Å². The van der Waals surface area contributed by atoms with Gasteiger partial charge in [-0.25, -0.2) is 13.8 Å². The highest BCUT2D eigenvalue weighted by atomic mass is 32.1. The lowest BCUT2D eigenvalue weighted by molar-refractivity contribution is 0.618. The Bertz CT molecular complexity index is 995. The Morgan fingerprint density at radius 2 is 1.70 bits per heavy atom. The van der Waals surface area contributed by atoms with E-state index in [0.29, 0.717) is 22.3 Å². The molecule has 1 aromatic heterocycles. The van der Waals surface area contributed by atoms with Crippen LogP contribution >= 0.6 is 11.3 Å². The number of hydrogen-bond donors (Lipinski definition) is 0. The van der Waals surface area contributed by atoms with Crippen molar-refractivity contribution in [2.45, 2.75) is 39.5 Å². The zero-order valence-electron chi connectivity index (χ0n) is 15.5. The summed E-state index contributed by atoms with van der Waals surface area (Å²) >= 11 is 1.56. The highest BCUT2D eigenvalue weighted by molar-refractivity contribution is 7.12. The first kappa shape index (κ1) is 19.3. The molecule has 1 heterocycles. The zero-order valence-corrected chi connectivity index (χ0v) is 16.3. The van der Waals surface area contributed by atoms with Gasteiger partial charge in [-0.1, -0.05) is 43.9 Å². The molecule has 0 N–H and O–H groups in total. The lowest BCUT2D eigenvalue weighted by Crippen LogP contribution is -1.88. The van der Waals surface area contributed by atoms with E-state index < -0.39 is 5.82 Å². The van der Waals surface area contributed by atoms with Gasteiger partial charge >= 0.3 is 0 Å². The highest BCUT2D eigenvalue weighted by Crippen LogP contribution is 2.24. The molecule has 0 atom stereocenters. The molecule has 27 heavy (non-hydrogen) atoms. The number of benzene rings is 2. The van der Waals surface area contributed by atoms with Crippen molar-refractivity contribution >= 4 is 11.3 Å². The summed E-state index contributed by atoms with van der Waals surface area (Å²) in [6, 6.07) is 9.70. The van der Waals surface area contributed by atoms with Gasteiger partial charge in [0.05, 0.1) is 21.6 Å². The summed E-state index contributed by atoms with van der Waals surface area (Å²) in [5, 5.41) is 1.07. The van der Waals surface area contributed by atoms with Gasteiger partial charge in [0, 0.05) is 0 Å². The first-order valence-electron chi connectivity index (χ1n) is 9.09. The Hall–Kier alpha value is -2.51. The molecule has 138 valence electrons. The first-order valence-corrected chi connectivity index (χ1v) is 9.91. The number of unbranched alkanes of at least 4 members (excludes halogenated alkanes) is 2. The van der Waals surface area contributed by atoms with Crippen molar-refractivity contribution < 1.29 is 8.78 Å². The highest BCUT2D eigenvalue weighted by Gasteiger charge is 2.06. The van der Waals surface area contributed by atoms with Crippen LogP contribution in [0.4, 0.5) is 8.78 Å². The number of halogens is 2. The van der Waals surface area contributed by atoms with Crippen molar-refractivity contribution in [3.05, 3.63) is 75.2 Å². The van der Waals surface area contributed by atoms with E-state index >= 15 is 0 Å². The second-order valence-electron chi connectivity index (χ2n) is 6.48. The Kier molecular flexibility index (Phi) is 6.36.